The lowest BCUT2D eigenvalue weighted by Gasteiger charge is -2.23. The summed E-state index contributed by atoms with van der Waals surface area (Å²) in [5.41, 5.74) is 1.10. The van der Waals surface area contributed by atoms with E-state index in [9.17, 15) is 14.7 Å². The van der Waals surface area contributed by atoms with E-state index in [1.54, 1.807) is 19.9 Å². The monoisotopic (exact) mass is 300 g/mol. The van der Waals surface area contributed by atoms with E-state index >= 15 is 0 Å². The fraction of sp³-hybridized carbons (Fsp3) is 0.312. The summed E-state index contributed by atoms with van der Waals surface area (Å²) in [6, 6.07) is 11.3. The van der Waals surface area contributed by atoms with E-state index in [-0.39, 0.29) is 18.7 Å². The van der Waals surface area contributed by atoms with E-state index in [1.807, 2.05) is 30.3 Å². The van der Waals surface area contributed by atoms with E-state index < -0.39 is 11.4 Å². The Balaban J connectivity index is 1.98. The van der Waals surface area contributed by atoms with Gasteiger partial charge in [0.25, 0.3) is 0 Å². The molecular weight excluding hydrogens is 282 g/mol. The second-order valence-corrected chi connectivity index (χ2v) is 5.97. The zero-order valence-corrected chi connectivity index (χ0v) is 12.6. The van der Waals surface area contributed by atoms with Crippen molar-refractivity contribution in [2.75, 3.05) is 5.32 Å². The molecule has 0 bridgehead atoms. The Kier molecular flexibility index (Phi) is 4.60. The summed E-state index contributed by atoms with van der Waals surface area (Å²) in [6.07, 6.45) is -0.0925. The van der Waals surface area contributed by atoms with Gasteiger partial charge in [-0.1, -0.05) is 44.2 Å². The van der Waals surface area contributed by atoms with Gasteiger partial charge in [0.05, 0.1) is 5.69 Å². The van der Waals surface area contributed by atoms with Crippen molar-refractivity contribution in [1.29, 1.82) is 0 Å². The third-order valence-corrected chi connectivity index (χ3v) is 3.19. The molecule has 0 unspecified atom stereocenters. The van der Waals surface area contributed by atoms with Crippen LogP contribution in [0.1, 0.15) is 26.7 Å². The molecule has 2 aromatic rings. The number of carboxylic acids is 1. The normalized spacial score (nSPS) is 11.2. The smallest absolute Gasteiger partial charge is 0.226 e. The highest BCUT2D eigenvalue weighted by Crippen LogP contribution is 2.25. The number of hydrogen-bond acceptors (Lipinski definition) is 4. The molecule has 0 saturated carbocycles. The van der Waals surface area contributed by atoms with Crippen molar-refractivity contribution in [2.24, 2.45) is 5.41 Å². The maximum Gasteiger partial charge on any atom is 0.226 e. The Hall–Kier alpha value is -2.63. The fourth-order valence-electron chi connectivity index (χ4n) is 2.23. The minimum Gasteiger partial charge on any atom is -0.550 e. The molecule has 0 aliphatic rings. The standard InChI is InChI=1S/C16H19N3O3/c1-16(2,10-15(21)22)9-14(20)17-13-8-12(18-19-13)11-6-4-3-5-7-11/h3-8H,9-10H2,1-2H3,(H,21,22)(H2,17,18,19,20)/p-1. The third-order valence-electron chi connectivity index (χ3n) is 3.19. The van der Waals surface area contributed by atoms with Crippen LogP contribution in [0.2, 0.25) is 0 Å². The molecule has 22 heavy (non-hydrogen) atoms. The van der Waals surface area contributed by atoms with E-state index in [0.29, 0.717) is 5.82 Å². The highest BCUT2D eigenvalue weighted by molar-refractivity contribution is 5.91. The first kappa shape index (κ1) is 15.8. The molecule has 0 atom stereocenters. The van der Waals surface area contributed by atoms with Gasteiger partial charge in [0, 0.05) is 18.5 Å². The topological polar surface area (TPSA) is 97.9 Å². The Morgan fingerprint density at radius 3 is 2.55 bits per heavy atom. The minimum atomic E-state index is -1.16. The molecule has 0 aliphatic heterocycles. The summed E-state index contributed by atoms with van der Waals surface area (Å²) >= 11 is 0. The average Bonchev–Trinajstić information content (AvgIpc) is 2.85. The lowest BCUT2D eigenvalue weighted by atomic mass is 9.85. The van der Waals surface area contributed by atoms with Crippen LogP contribution in [0, 0.1) is 5.41 Å². The number of carbonyl (C=O) groups is 2. The van der Waals surface area contributed by atoms with Crippen LogP contribution in [-0.4, -0.2) is 22.1 Å². The highest BCUT2D eigenvalue weighted by Gasteiger charge is 2.22. The number of nitrogens with zero attached hydrogens (tertiary/aromatic N) is 1. The van der Waals surface area contributed by atoms with E-state index in [0.717, 1.165) is 11.3 Å². The molecule has 6 heteroatoms. The van der Waals surface area contributed by atoms with Gasteiger partial charge in [-0.05, 0) is 17.4 Å². The molecule has 1 aromatic carbocycles. The Labute approximate surface area is 128 Å². The van der Waals surface area contributed by atoms with Gasteiger partial charge in [-0.25, -0.2) is 0 Å². The van der Waals surface area contributed by atoms with Crippen LogP contribution in [0.3, 0.4) is 0 Å². The molecule has 0 aliphatic carbocycles. The largest absolute Gasteiger partial charge is 0.550 e. The molecule has 0 saturated heterocycles. The summed E-state index contributed by atoms with van der Waals surface area (Å²) in [5, 5.41) is 20.2. The molecule has 0 radical (unpaired) electrons. The number of benzene rings is 1. The van der Waals surface area contributed by atoms with E-state index in [4.69, 9.17) is 0 Å². The Morgan fingerprint density at radius 2 is 1.91 bits per heavy atom. The van der Waals surface area contributed by atoms with Crippen LogP contribution in [-0.2, 0) is 9.59 Å². The first-order valence-electron chi connectivity index (χ1n) is 6.96. The molecule has 2 N–H and O–H groups in total. The number of hydrogen-bond donors (Lipinski definition) is 2. The van der Waals surface area contributed by atoms with Crippen molar-refractivity contribution in [2.45, 2.75) is 26.7 Å². The van der Waals surface area contributed by atoms with Gasteiger partial charge in [-0.3, -0.25) is 9.89 Å². The number of anilines is 1. The number of amides is 1. The van der Waals surface area contributed by atoms with Crippen LogP contribution < -0.4 is 10.4 Å². The van der Waals surface area contributed by atoms with E-state index in [1.165, 1.54) is 0 Å². The zero-order chi connectivity index (χ0) is 16.2. The van der Waals surface area contributed by atoms with Gasteiger partial charge in [0.2, 0.25) is 5.91 Å². The van der Waals surface area contributed by atoms with Crippen LogP contribution in [0.4, 0.5) is 5.82 Å². The van der Waals surface area contributed by atoms with Gasteiger partial charge in [0.1, 0.15) is 0 Å². The molecule has 0 spiro atoms. The van der Waals surface area contributed by atoms with Crippen molar-refractivity contribution < 1.29 is 14.7 Å². The zero-order valence-electron chi connectivity index (χ0n) is 12.6. The average molecular weight is 300 g/mol. The van der Waals surface area contributed by atoms with Gasteiger partial charge in [-0.15, -0.1) is 0 Å². The second-order valence-electron chi connectivity index (χ2n) is 5.97. The van der Waals surface area contributed by atoms with Crippen LogP contribution in [0.5, 0.6) is 0 Å². The predicted molar refractivity (Wildman–Crippen MR) is 80.7 cm³/mol. The summed E-state index contributed by atoms with van der Waals surface area (Å²) in [4.78, 5) is 22.6. The number of carbonyl (C=O) groups excluding carboxylic acids is 2. The van der Waals surface area contributed by atoms with Crippen molar-refractivity contribution >= 4 is 17.7 Å². The first-order chi connectivity index (χ1) is 10.4. The Bertz CT molecular complexity index is 662. The molecule has 0 fully saturated rings. The maximum atomic E-state index is 12.0. The first-order valence-corrected chi connectivity index (χ1v) is 6.96. The van der Waals surface area contributed by atoms with Gasteiger partial charge >= 0.3 is 0 Å². The van der Waals surface area contributed by atoms with Crippen molar-refractivity contribution in [3.63, 3.8) is 0 Å². The molecule has 2 rings (SSSR count). The van der Waals surface area contributed by atoms with Gasteiger partial charge < -0.3 is 15.2 Å². The number of nitrogens with one attached hydrogen (secondary N) is 2. The van der Waals surface area contributed by atoms with Crippen molar-refractivity contribution in [3.05, 3.63) is 36.4 Å². The number of carboxylic acid groups (broad SMARTS) is 1. The number of rotatable bonds is 6. The van der Waals surface area contributed by atoms with Crippen molar-refractivity contribution in [3.8, 4) is 11.3 Å². The summed E-state index contributed by atoms with van der Waals surface area (Å²) in [5.74, 6) is -1.03. The lowest BCUT2D eigenvalue weighted by Crippen LogP contribution is -2.31. The van der Waals surface area contributed by atoms with Crippen LogP contribution in [0.25, 0.3) is 11.3 Å². The minimum absolute atomic E-state index is 0.0779. The highest BCUT2D eigenvalue weighted by atomic mass is 16.4. The maximum absolute atomic E-state index is 12.0. The molecule has 1 amide bonds. The SMILES string of the molecule is CC(C)(CC(=O)[O-])CC(=O)Nc1cc(-c2ccccc2)[nH]n1. The van der Waals surface area contributed by atoms with Crippen LogP contribution in [0.15, 0.2) is 36.4 Å². The number of H-pyrrole nitrogens is 1. The van der Waals surface area contributed by atoms with Gasteiger partial charge in [0.15, 0.2) is 5.82 Å². The molecule has 6 nitrogen and oxygen atoms in total. The number of aromatic amines is 1. The molecule has 116 valence electrons. The number of aliphatic carboxylic acids is 1. The van der Waals surface area contributed by atoms with Gasteiger partial charge in [-0.2, -0.15) is 5.10 Å². The fourth-order valence-corrected chi connectivity index (χ4v) is 2.23. The quantitative estimate of drug-likeness (QED) is 0.846. The van der Waals surface area contributed by atoms with Crippen LogP contribution >= 0.6 is 0 Å². The summed E-state index contributed by atoms with van der Waals surface area (Å²) < 4.78 is 0. The second kappa shape index (κ2) is 6.43. The summed E-state index contributed by atoms with van der Waals surface area (Å²) in [7, 11) is 0. The van der Waals surface area contributed by atoms with Crippen molar-refractivity contribution in [1.82, 2.24) is 10.2 Å². The Morgan fingerprint density at radius 1 is 1.23 bits per heavy atom. The van der Waals surface area contributed by atoms with E-state index in [2.05, 4.69) is 15.5 Å². The third kappa shape index (κ3) is 4.44. The predicted octanol–water partition coefficient (Wildman–Crippen LogP) is 1.57. The molecular formula is C16H18N3O3-. The summed E-state index contributed by atoms with van der Waals surface area (Å²) in [6.45, 7) is 3.42. The molecule has 1 aromatic heterocycles. The lowest BCUT2D eigenvalue weighted by molar-refractivity contribution is -0.307. The molecule has 1 heterocycles. The number of aromatic nitrogens is 2.